The van der Waals surface area contributed by atoms with E-state index >= 15 is 0 Å². The Balaban J connectivity index is 0.000000192. The zero-order chi connectivity index (χ0) is 39.9. The average Bonchev–Trinajstić information content (AvgIpc) is 3.73. The number of carbonyl (C=O) groups is 2. The third kappa shape index (κ3) is 12.1. The summed E-state index contributed by atoms with van der Waals surface area (Å²) in [5.74, 6) is 4.51. The number of oxazole rings is 1. The van der Waals surface area contributed by atoms with Crippen LogP contribution in [0, 0.1) is 27.2 Å². The van der Waals surface area contributed by atoms with Gasteiger partial charge in [-0.05, 0) is 200 Å². The highest BCUT2D eigenvalue weighted by molar-refractivity contribution is 14.1. The molecule has 1 aromatic heterocycles. The van der Waals surface area contributed by atoms with Gasteiger partial charge in [0, 0.05) is 54.1 Å². The second-order valence-corrected chi connectivity index (χ2v) is 19.7. The minimum Gasteiger partial charge on any atom is -0.445 e. The van der Waals surface area contributed by atoms with Gasteiger partial charge in [-0.2, -0.15) is 0 Å². The average molecular weight is 881 g/mol. The second kappa shape index (κ2) is 19.0. The van der Waals surface area contributed by atoms with Gasteiger partial charge in [0.2, 0.25) is 5.89 Å². The molecule has 4 fully saturated rings. The number of rotatable bonds is 5. The standard InChI is InChI=1S/C24H33N3O3.C22H32INO2/c1-24(2,3)30-23(28)27-15-10-19(11-16-27)18-8-13-26(14-9-18)21-6-4-20(5-7-21)22-25-12-17-29-22;1-22(2,3)26-21(25)24-14-12-19(13-15-24)17-6-4-16(5-7-17)18-8-10-20(23)11-9-18/h4-7,12,17-19H,8-11,13-16H2,1-3H3;8-11,16-17,19H,4-7,12-15H2,1-3H3. The summed E-state index contributed by atoms with van der Waals surface area (Å²) >= 11 is 2.38. The monoisotopic (exact) mass is 880 g/mol. The third-order valence-corrected chi connectivity index (χ3v) is 13.0. The summed E-state index contributed by atoms with van der Waals surface area (Å²) in [6.45, 7) is 17.1. The number of piperidine rings is 3. The maximum absolute atomic E-state index is 12.3. The minimum absolute atomic E-state index is 0.140. The lowest BCUT2D eigenvalue weighted by molar-refractivity contribution is 0.0139. The maximum Gasteiger partial charge on any atom is 0.410 e. The number of anilines is 1. The first kappa shape index (κ1) is 42.3. The molecule has 2 amide bonds. The van der Waals surface area contributed by atoms with Crippen LogP contribution in [0.3, 0.4) is 0 Å². The van der Waals surface area contributed by atoms with Crippen LogP contribution in [0.25, 0.3) is 11.5 Å². The van der Waals surface area contributed by atoms with Crippen LogP contribution in [0.2, 0.25) is 0 Å². The summed E-state index contributed by atoms with van der Waals surface area (Å²) in [5.41, 5.74) is 2.97. The molecular formula is C46H65IN4O5. The van der Waals surface area contributed by atoms with Crippen LogP contribution in [0.15, 0.2) is 65.4 Å². The number of ether oxygens (including phenoxy) is 2. The fourth-order valence-corrected chi connectivity index (χ4v) is 9.59. The van der Waals surface area contributed by atoms with Crippen LogP contribution in [-0.2, 0) is 9.47 Å². The largest absolute Gasteiger partial charge is 0.445 e. The molecule has 1 saturated carbocycles. The van der Waals surface area contributed by atoms with E-state index in [-0.39, 0.29) is 12.2 Å². The Morgan fingerprint density at radius 1 is 0.625 bits per heavy atom. The molecule has 0 spiro atoms. The molecule has 0 unspecified atom stereocenters. The predicted molar refractivity (Wildman–Crippen MR) is 232 cm³/mol. The zero-order valence-electron chi connectivity index (χ0n) is 34.7. The van der Waals surface area contributed by atoms with Crippen molar-refractivity contribution in [2.45, 2.75) is 123 Å². The van der Waals surface area contributed by atoms with E-state index in [1.54, 1.807) is 12.5 Å². The van der Waals surface area contributed by atoms with E-state index in [0.717, 1.165) is 100 Å². The predicted octanol–water partition coefficient (Wildman–Crippen LogP) is 11.4. The van der Waals surface area contributed by atoms with Crippen LogP contribution in [-0.4, -0.2) is 77.4 Å². The summed E-state index contributed by atoms with van der Waals surface area (Å²) in [7, 11) is 0. The van der Waals surface area contributed by atoms with Gasteiger partial charge in [0.1, 0.15) is 17.5 Å². The molecule has 3 aromatic rings. The molecule has 0 N–H and O–H groups in total. The van der Waals surface area contributed by atoms with Crippen molar-refractivity contribution in [1.82, 2.24) is 14.8 Å². The van der Waals surface area contributed by atoms with Crippen molar-refractivity contribution < 1.29 is 23.5 Å². The SMILES string of the molecule is CC(C)(C)OC(=O)N1CCC(C2CCC(c3ccc(I)cc3)CC2)CC1.CC(C)(C)OC(=O)N1CCC(C2CCN(c3ccc(-c4ncco4)cc3)CC2)CC1. The van der Waals surface area contributed by atoms with Gasteiger partial charge in [-0.25, -0.2) is 14.6 Å². The highest BCUT2D eigenvalue weighted by Crippen LogP contribution is 2.42. The Hall–Kier alpha value is -3.28. The Bertz CT molecular complexity index is 1650. The molecule has 10 heteroatoms. The molecule has 3 aliphatic heterocycles. The van der Waals surface area contributed by atoms with Crippen LogP contribution < -0.4 is 4.90 Å². The smallest absolute Gasteiger partial charge is 0.410 e. The normalized spacial score (nSPS) is 21.9. The van der Waals surface area contributed by atoms with Crippen LogP contribution in [0.5, 0.6) is 0 Å². The van der Waals surface area contributed by atoms with E-state index in [1.165, 1.54) is 53.3 Å². The molecule has 9 nitrogen and oxygen atoms in total. The van der Waals surface area contributed by atoms with Crippen molar-refractivity contribution in [3.63, 3.8) is 0 Å². The number of hydrogen-bond acceptors (Lipinski definition) is 7. The molecular weight excluding hydrogens is 815 g/mol. The lowest BCUT2D eigenvalue weighted by Gasteiger charge is -2.41. The Kier molecular flexibility index (Phi) is 14.3. The van der Waals surface area contributed by atoms with Gasteiger partial charge in [-0.3, -0.25) is 0 Å². The summed E-state index contributed by atoms with van der Waals surface area (Å²) in [6.07, 6.45) is 15.2. The van der Waals surface area contributed by atoms with Gasteiger partial charge in [0.15, 0.2) is 0 Å². The molecule has 4 heterocycles. The molecule has 306 valence electrons. The van der Waals surface area contributed by atoms with Crippen molar-refractivity contribution in [1.29, 1.82) is 0 Å². The second-order valence-electron chi connectivity index (χ2n) is 18.5. The third-order valence-electron chi connectivity index (χ3n) is 12.3. The topological polar surface area (TPSA) is 88.4 Å². The van der Waals surface area contributed by atoms with Crippen molar-refractivity contribution >= 4 is 40.5 Å². The number of likely N-dealkylation sites (tertiary alicyclic amines) is 2. The number of nitrogens with zero attached hydrogens (tertiary/aromatic N) is 4. The fourth-order valence-electron chi connectivity index (χ4n) is 9.23. The Labute approximate surface area is 349 Å². The number of halogens is 1. The van der Waals surface area contributed by atoms with E-state index in [2.05, 4.69) is 81.0 Å². The first-order chi connectivity index (χ1) is 26.7. The molecule has 56 heavy (non-hydrogen) atoms. The minimum atomic E-state index is -0.423. The zero-order valence-corrected chi connectivity index (χ0v) is 36.8. The molecule has 1 aliphatic carbocycles. The van der Waals surface area contributed by atoms with E-state index in [4.69, 9.17) is 13.9 Å². The summed E-state index contributed by atoms with van der Waals surface area (Å²) < 4.78 is 17.7. The van der Waals surface area contributed by atoms with Crippen molar-refractivity contribution in [2.75, 3.05) is 44.2 Å². The van der Waals surface area contributed by atoms with Crippen LogP contribution in [0.4, 0.5) is 15.3 Å². The molecule has 4 aliphatic rings. The van der Waals surface area contributed by atoms with Gasteiger partial charge in [-0.1, -0.05) is 12.1 Å². The first-order valence-corrected chi connectivity index (χ1v) is 22.2. The van der Waals surface area contributed by atoms with Gasteiger partial charge >= 0.3 is 12.2 Å². The van der Waals surface area contributed by atoms with E-state index in [9.17, 15) is 9.59 Å². The molecule has 7 rings (SSSR count). The number of benzene rings is 2. The summed E-state index contributed by atoms with van der Waals surface area (Å²) in [4.78, 5) is 35.0. The highest BCUT2D eigenvalue weighted by atomic mass is 127. The van der Waals surface area contributed by atoms with Crippen molar-refractivity contribution in [3.05, 3.63) is 70.1 Å². The number of hydrogen-bond donors (Lipinski definition) is 0. The van der Waals surface area contributed by atoms with E-state index < -0.39 is 11.2 Å². The van der Waals surface area contributed by atoms with Gasteiger partial charge in [0.25, 0.3) is 0 Å². The van der Waals surface area contributed by atoms with E-state index in [0.29, 0.717) is 5.89 Å². The van der Waals surface area contributed by atoms with Crippen LogP contribution >= 0.6 is 22.6 Å². The molecule has 0 atom stereocenters. The van der Waals surface area contributed by atoms with Crippen LogP contribution in [0.1, 0.15) is 117 Å². The molecule has 3 saturated heterocycles. The first-order valence-electron chi connectivity index (χ1n) is 21.2. The highest BCUT2D eigenvalue weighted by Gasteiger charge is 2.34. The van der Waals surface area contributed by atoms with Gasteiger partial charge < -0.3 is 28.6 Å². The van der Waals surface area contributed by atoms with Crippen molar-refractivity contribution in [2.24, 2.45) is 23.7 Å². The molecule has 0 radical (unpaired) electrons. The number of aromatic nitrogens is 1. The molecule has 0 bridgehead atoms. The number of amides is 2. The lowest BCUT2D eigenvalue weighted by Crippen LogP contribution is -2.44. The van der Waals surface area contributed by atoms with E-state index in [1.807, 2.05) is 51.3 Å². The van der Waals surface area contributed by atoms with Gasteiger partial charge in [-0.15, -0.1) is 0 Å². The Morgan fingerprint density at radius 2 is 1.07 bits per heavy atom. The molecule has 2 aromatic carbocycles. The fraction of sp³-hybridized carbons (Fsp3) is 0.630. The van der Waals surface area contributed by atoms with Crippen molar-refractivity contribution in [3.8, 4) is 11.5 Å². The summed E-state index contributed by atoms with van der Waals surface area (Å²) in [6, 6.07) is 17.6. The lowest BCUT2D eigenvalue weighted by atomic mass is 9.71. The Morgan fingerprint density at radius 3 is 1.50 bits per heavy atom. The van der Waals surface area contributed by atoms with Gasteiger partial charge in [0.05, 0.1) is 6.20 Å². The number of carbonyl (C=O) groups excluding carboxylic acids is 2. The quantitative estimate of drug-likeness (QED) is 0.236. The summed E-state index contributed by atoms with van der Waals surface area (Å²) in [5, 5.41) is 0. The maximum atomic E-state index is 12.3.